The van der Waals surface area contributed by atoms with E-state index in [1.54, 1.807) is 13.8 Å². The first kappa shape index (κ1) is 12.5. The van der Waals surface area contributed by atoms with Gasteiger partial charge in [-0.1, -0.05) is 6.58 Å². The standard InChI is InChI=1S/C9H15NO4/c1-5-7(11)14-6-9(2,3)10-8(12)13-4/h5H,1,6H2,2-4H3,(H,10,12). The molecule has 0 heterocycles. The van der Waals surface area contributed by atoms with E-state index in [0.717, 1.165) is 6.08 Å². The monoisotopic (exact) mass is 201 g/mol. The van der Waals surface area contributed by atoms with Gasteiger partial charge in [-0.05, 0) is 13.8 Å². The molecule has 1 N–H and O–H groups in total. The van der Waals surface area contributed by atoms with Crippen LogP contribution in [-0.2, 0) is 14.3 Å². The molecule has 0 aliphatic carbocycles. The van der Waals surface area contributed by atoms with Crippen molar-refractivity contribution in [1.29, 1.82) is 0 Å². The van der Waals surface area contributed by atoms with Gasteiger partial charge in [0, 0.05) is 6.08 Å². The summed E-state index contributed by atoms with van der Waals surface area (Å²) < 4.78 is 9.18. The lowest BCUT2D eigenvalue weighted by Crippen LogP contribution is -2.47. The summed E-state index contributed by atoms with van der Waals surface area (Å²) in [6.45, 7) is 6.73. The second-order valence-corrected chi connectivity index (χ2v) is 3.31. The van der Waals surface area contributed by atoms with E-state index in [1.165, 1.54) is 7.11 Å². The highest BCUT2D eigenvalue weighted by Gasteiger charge is 2.22. The first-order chi connectivity index (χ1) is 6.41. The number of esters is 1. The van der Waals surface area contributed by atoms with Gasteiger partial charge < -0.3 is 14.8 Å². The summed E-state index contributed by atoms with van der Waals surface area (Å²) in [7, 11) is 1.27. The number of nitrogens with one attached hydrogen (secondary N) is 1. The Bertz CT molecular complexity index is 235. The van der Waals surface area contributed by atoms with Crippen LogP contribution in [0.5, 0.6) is 0 Å². The number of hydrogen-bond acceptors (Lipinski definition) is 4. The van der Waals surface area contributed by atoms with Crippen molar-refractivity contribution in [1.82, 2.24) is 5.32 Å². The molecule has 0 saturated heterocycles. The van der Waals surface area contributed by atoms with E-state index >= 15 is 0 Å². The first-order valence-corrected chi connectivity index (χ1v) is 4.06. The van der Waals surface area contributed by atoms with Gasteiger partial charge in [0.05, 0.1) is 12.6 Å². The number of carbonyl (C=O) groups excluding carboxylic acids is 2. The number of alkyl carbamates (subject to hydrolysis) is 1. The zero-order valence-electron chi connectivity index (χ0n) is 8.62. The number of methoxy groups -OCH3 is 1. The SMILES string of the molecule is C=CC(=O)OCC(C)(C)NC(=O)OC. The minimum Gasteiger partial charge on any atom is -0.460 e. The van der Waals surface area contributed by atoms with E-state index in [1.807, 2.05) is 0 Å². The van der Waals surface area contributed by atoms with Crippen molar-refractivity contribution in [2.45, 2.75) is 19.4 Å². The lowest BCUT2D eigenvalue weighted by molar-refractivity contribution is -0.139. The highest BCUT2D eigenvalue weighted by Crippen LogP contribution is 2.03. The summed E-state index contributed by atoms with van der Waals surface area (Å²) in [5, 5.41) is 2.51. The van der Waals surface area contributed by atoms with Gasteiger partial charge in [0.2, 0.25) is 0 Å². The summed E-state index contributed by atoms with van der Waals surface area (Å²) >= 11 is 0. The fourth-order valence-electron chi connectivity index (χ4n) is 0.674. The highest BCUT2D eigenvalue weighted by atomic mass is 16.5. The van der Waals surface area contributed by atoms with Gasteiger partial charge >= 0.3 is 12.1 Å². The molecule has 0 saturated carbocycles. The van der Waals surface area contributed by atoms with E-state index in [2.05, 4.69) is 16.6 Å². The summed E-state index contributed by atoms with van der Waals surface area (Å²) in [5.41, 5.74) is -0.661. The molecule has 1 amide bonds. The highest BCUT2D eigenvalue weighted by molar-refractivity contribution is 5.81. The third kappa shape index (κ3) is 5.18. The van der Waals surface area contributed by atoms with Crippen LogP contribution in [-0.4, -0.2) is 31.3 Å². The molecule has 0 aliphatic rings. The molecule has 0 atom stereocenters. The maximum Gasteiger partial charge on any atom is 0.407 e. The Hall–Kier alpha value is -1.52. The van der Waals surface area contributed by atoms with Crippen LogP contribution < -0.4 is 5.32 Å². The van der Waals surface area contributed by atoms with Crippen molar-refractivity contribution in [3.63, 3.8) is 0 Å². The Morgan fingerprint density at radius 2 is 2.07 bits per heavy atom. The molecule has 14 heavy (non-hydrogen) atoms. The van der Waals surface area contributed by atoms with Crippen LogP contribution >= 0.6 is 0 Å². The smallest absolute Gasteiger partial charge is 0.407 e. The molecule has 0 aromatic rings. The molecule has 0 aromatic carbocycles. The van der Waals surface area contributed by atoms with E-state index < -0.39 is 17.6 Å². The van der Waals surface area contributed by atoms with Crippen LogP contribution in [0.25, 0.3) is 0 Å². The predicted octanol–water partition coefficient (Wildman–Crippen LogP) is 0.850. The third-order valence-electron chi connectivity index (χ3n) is 1.37. The van der Waals surface area contributed by atoms with Crippen molar-refractivity contribution in [2.24, 2.45) is 0 Å². The first-order valence-electron chi connectivity index (χ1n) is 4.06. The number of hydrogen-bond donors (Lipinski definition) is 1. The Morgan fingerprint density at radius 1 is 1.50 bits per heavy atom. The van der Waals surface area contributed by atoms with Gasteiger partial charge in [-0.25, -0.2) is 9.59 Å². The molecule has 0 fully saturated rings. The summed E-state index contributed by atoms with van der Waals surface area (Å²) in [6.07, 6.45) is 0.499. The molecule has 0 bridgehead atoms. The molecule has 5 heteroatoms. The molecule has 0 rings (SSSR count). The van der Waals surface area contributed by atoms with Crippen LogP contribution in [0.1, 0.15) is 13.8 Å². The second kappa shape index (κ2) is 5.26. The van der Waals surface area contributed by atoms with E-state index in [4.69, 9.17) is 4.74 Å². The summed E-state index contributed by atoms with van der Waals surface area (Å²) in [6, 6.07) is 0. The molecule has 5 nitrogen and oxygen atoms in total. The molecule has 0 spiro atoms. The molecule has 0 unspecified atom stereocenters. The van der Waals surface area contributed by atoms with Crippen molar-refractivity contribution < 1.29 is 19.1 Å². The van der Waals surface area contributed by atoms with Crippen LogP contribution in [0.15, 0.2) is 12.7 Å². The Labute approximate surface area is 83.1 Å². The van der Waals surface area contributed by atoms with E-state index in [9.17, 15) is 9.59 Å². The lowest BCUT2D eigenvalue weighted by Gasteiger charge is -2.24. The van der Waals surface area contributed by atoms with Crippen molar-refractivity contribution in [3.8, 4) is 0 Å². The molecule has 0 radical (unpaired) electrons. The maximum atomic E-state index is 10.8. The number of ether oxygens (including phenoxy) is 2. The fourth-order valence-corrected chi connectivity index (χ4v) is 0.674. The zero-order chi connectivity index (χ0) is 11.2. The average Bonchev–Trinajstić information content (AvgIpc) is 2.13. The van der Waals surface area contributed by atoms with Crippen LogP contribution in [0.2, 0.25) is 0 Å². The van der Waals surface area contributed by atoms with Crippen LogP contribution in [0, 0.1) is 0 Å². The quantitative estimate of drug-likeness (QED) is 0.541. The Morgan fingerprint density at radius 3 is 2.50 bits per heavy atom. The van der Waals surface area contributed by atoms with Crippen molar-refractivity contribution in [3.05, 3.63) is 12.7 Å². The van der Waals surface area contributed by atoms with E-state index in [0.29, 0.717) is 0 Å². The second-order valence-electron chi connectivity index (χ2n) is 3.31. The van der Waals surface area contributed by atoms with Crippen molar-refractivity contribution in [2.75, 3.05) is 13.7 Å². The fraction of sp³-hybridized carbons (Fsp3) is 0.556. The number of rotatable bonds is 4. The lowest BCUT2D eigenvalue weighted by atomic mass is 10.1. The summed E-state index contributed by atoms with van der Waals surface area (Å²) in [4.78, 5) is 21.6. The Kier molecular flexibility index (Phi) is 4.69. The third-order valence-corrected chi connectivity index (χ3v) is 1.37. The van der Waals surface area contributed by atoms with Gasteiger partial charge in [-0.15, -0.1) is 0 Å². The average molecular weight is 201 g/mol. The molecular weight excluding hydrogens is 186 g/mol. The molecule has 0 aromatic heterocycles. The van der Waals surface area contributed by atoms with Crippen LogP contribution in [0.3, 0.4) is 0 Å². The number of carbonyl (C=O) groups is 2. The molecule has 80 valence electrons. The molecule has 0 aliphatic heterocycles. The van der Waals surface area contributed by atoms with E-state index in [-0.39, 0.29) is 6.61 Å². The van der Waals surface area contributed by atoms with Crippen LogP contribution in [0.4, 0.5) is 4.79 Å². The van der Waals surface area contributed by atoms with Gasteiger partial charge in [0.1, 0.15) is 6.61 Å². The zero-order valence-corrected chi connectivity index (χ0v) is 8.62. The topological polar surface area (TPSA) is 64.6 Å². The maximum absolute atomic E-state index is 10.8. The number of amides is 1. The van der Waals surface area contributed by atoms with Gasteiger partial charge in [-0.2, -0.15) is 0 Å². The molecular formula is C9H15NO4. The summed E-state index contributed by atoms with van der Waals surface area (Å²) in [5.74, 6) is -0.523. The Balaban J connectivity index is 4.00. The van der Waals surface area contributed by atoms with Crippen molar-refractivity contribution >= 4 is 12.1 Å². The van der Waals surface area contributed by atoms with Gasteiger partial charge in [0.25, 0.3) is 0 Å². The predicted molar refractivity (Wildman–Crippen MR) is 50.8 cm³/mol. The largest absolute Gasteiger partial charge is 0.460 e. The van der Waals surface area contributed by atoms with Gasteiger partial charge in [0.15, 0.2) is 0 Å². The minimum atomic E-state index is -0.661. The normalized spacial score (nSPS) is 10.2. The minimum absolute atomic E-state index is 0.0625. The van der Waals surface area contributed by atoms with Gasteiger partial charge in [-0.3, -0.25) is 0 Å².